The van der Waals surface area contributed by atoms with Crippen molar-refractivity contribution < 1.29 is 28.7 Å². The van der Waals surface area contributed by atoms with Crippen LogP contribution in [0.15, 0.2) is 59.3 Å². The van der Waals surface area contributed by atoms with Crippen molar-refractivity contribution in [2.24, 2.45) is 0 Å². The molecule has 1 aliphatic heterocycles. The second-order valence-corrected chi connectivity index (χ2v) is 12.2. The number of nitrogens with one attached hydrogen (secondary N) is 3. The maximum atomic E-state index is 12.2. The molecule has 13 nitrogen and oxygen atoms in total. The molecular formula is C31H31N7O6. The van der Waals surface area contributed by atoms with Crippen LogP contribution in [0.25, 0.3) is 11.5 Å². The third-order valence-electron chi connectivity index (χ3n) is 8.69. The molecule has 2 aromatic carbocycles. The zero-order chi connectivity index (χ0) is 30.7. The van der Waals surface area contributed by atoms with Crippen LogP contribution in [0.2, 0.25) is 0 Å². The summed E-state index contributed by atoms with van der Waals surface area (Å²) in [4.78, 5) is 37.9. The van der Waals surface area contributed by atoms with Crippen LogP contribution < -0.4 is 16.0 Å². The van der Waals surface area contributed by atoms with Gasteiger partial charge in [-0.25, -0.2) is 14.6 Å². The number of amides is 1. The van der Waals surface area contributed by atoms with Crippen LogP contribution in [0.5, 0.6) is 0 Å². The summed E-state index contributed by atoms with van der Waals surface area (Å²) in [6, 6.07) is 14.4. The number of aliphatic hydroxyl groups is 1. The Balaban J connectivity index is 1.18. The van der Waals surface area contributed by atoms with Gasteiger partial charge in [-0.1, -0.05) is 35.5 Å². The number of aliphatic hydroxyl groups excluding tert-OH is 1. The molecule has 4 aliphatic rings. The number of methoxy groups -OCH3 is 1. The number of carbonyl (C=O) groups excluding carboxylic acids is 2. The Morgan fingerprint density at radius 3 is 2.59 bits per heavy atom. The predicted octanol–water partition coefficient (Wildman–Crippen LogP) is 4.35. The highest BCUT2D eigenvalue weighted by Crippen LogP contribution is 2.67. The van der Waals surface area contributed by atoms with Crippen LogP contribution in [0.4, 0.5) is 22.2 Å². The van der Waals surface area contributed by atoms with Gasteiger partial charge in [0.15, 0.2) is 5.82 Å². The molecule has 1 unspecified atom stereocenters. The molecule has 3 fully saturated rings. The SMILES string of the molecule is COC(=O)NC12CC(c3noc(-c4cnc(Nc5ccc6c(c5)C(C)(C)OC6=O)nc4NC(CO)c4ccccc4)n3)(C1)C2. The molecule has 8 rings (SSSR count). The highest BCUT2D eigenvalue weighted by Gasteiger charge is 2.71. The lowest BCUT2D eigenvalue weighted by molar-refractivity contribution is -0.0895. The van der Waals surface area contributed by atoms with Gasteiger partial charge >= 0.3 is 12.1 Å². The van der Waals surface area contributed by atoms with Crippen LogP contribution >= 0.6 is 0 Å². The smallest absolute Gasteiger partial charge is 0.407 e. The van der Waals surface area contributed by atoms with E-state index in [0.29, 0.717) is 47.7 Å². The molecule has 3 aliphatic carbocycles. The average molecular weight is 598 g/mol. The lowest BCUT2D eigenvalue weighted by Crippen LogP contribution is -2.77. The number of cyclic esters (lactones) is 1. The van der Waals surface area contributed by atoms with Crippen LogP contribution in [-0.2, 0) is 20.5 Å². The number of alkyl carbamates (subject to hydrolysis) is 1. The van der Waals surface area contributed by atoms with E-state index in [0.717, 1.165) is 11.1 Å². The Bertz CT molecular complexity index is 1750. The molecule has 4 N–H and O–H groups in total. The molecule has 3 heterocycles. The Morgan fingerprint density at radius 1 is 1.09 bits per heavy atom. The minimum absolute atomic E-state index is 0.197. The quantitative estimate of drug-likeness (QED) is 0.201. The monoisotopic (exact) mass is 597 g/mol. The molecular weight excluding hydrogens is 566 g/mol. The van der Waals surface area contributed by atoms with Crippen molar-refractivity contribution in [3.05, 3.63) is 77.2 Å². The van der Waals surface area contributed by atoms with Crippen molar-refractivity contribution in [3.8, 4) is 11.5 Å². The van der Waals surface area contributed by atoms with Crippen LogP contribution in [0, 0.1) is 0 Å². The molecule has 13 heteroatoms. The fourth-order valence-corrected chi connectivity index (χ4v) is 6.54. The third kappa shape index (κ3) is 4.60. The first-order chi connectivity index (χ1) is 21.1. The van der Waals surface area contributed by atoms with Gasteiger partial charge in [-0.05, 0) is 56.9 Å². The van der Waals surface area contributed by atoms with E-state index in [-0.39, 0.29) is 35.4 Å². The second kappa shape index (κ2) is 10.0. The molecule has 1 atom stereocenters. The number of hydrogen-bond donors (Lipinski definition) is 4. The lowest BCUT2D eigenvalue weighted by atomic mass is 9.39. The summed E-state index contributed by atoms with van der Waals surface area (Å²) in [5, 5.41) is 24.0. The van der Waals surface area contributed by atoms with Gasteiger partial charge in [0.25, 0.3) is 5.89 Å². The summed E-state index contributed by atoms with van der Waals surface area (Å²) in [5.41, 5.74) is 1.99. The lowest BCUT2D eigenvalue weighted by Gasteiger charge is -2.68. The van der Waals surface area contributed by atoms with Crippen LogP contribution in [-0.4, -0.2) is 56.5 Å². The van der Waals surface area contributed by atoms with Crippen LogP contribution in [0.3, 0.4) is 0 Å². The number of esters is 1. The van der Waals surface area contributed by atoms with Gasteiger partial charge in [0.05, 0.1) is 25.3 Å². The molecule has 226 valence electrons. The summed E-state index contributed by atoms with van der Waals surface area (Å²) >= 11 is 0. The number of fused-ring (bicyclic) bond motifs is 1. The molecule has 2 aromatic heterocycles. The van der Waals surface area contributed by atoms with Crippen molar-refractivity contribution in [2.75, 3.05) is 24.4 Å². The topological polar surface area (TPSA) is 174 Å². The highest BCUT2D eigenvalue weighted by atomic mass is 16.6. The van der Waals surface area contributed by atoms with E-state index in [9.17, 15) is 14.7 Å². The Labute approximate surface area is 252 Å². The first kappa shape index (κ1) is 27.8. The zero-order valence-electron chi connectivity index (χ0n) is 24.4. The summed E-state index contributed by atoms with van der Waals surface area (Å²) in [5.74, 6) is 1.09. The van der Waals surface area contributed by atoms with Gasteiger partial charge in [0, 0.05) is 28.4 Å². The molecule has 0 spiro atoms. The molecule has 0 radical (unpaired) electrons. The van der Waals surface area contributed by atoms with Gasteiger partial charge in [-0.3, -0.25) is 0 Å². The van der Waals surface area contributed by atoms with Crippen molar-refractivity contribution in [1.82, 2.24) is 25.4 Å². The Hall–Kier alpha value is -5.04. The molecule has 3 saturated carbocycles. The van der Waals surface area contributed by atoms with E-state index in [1.54, 1.807) is 18.3 Å². The normalized spacial score (nSPS) is 23.0. The summed E-state index contributed by atoms with van der Waals surface area (Å²) < 4.78 is 16.0. The fraction of sp³-hybridized carbons (Fsp3) is 0.355. The minimum Gasteiger partial charge on any atom is -0.453 e. The van der Waals surface area contributed by atoms with E-state index in [1.807, 2.05) is 50.2 Å². The van der Waals surface area contributed by atoms with Crippen molar-refractivity contribution >= 4 is 29.5 Å². The standard InChI is InChI=1S/C31H31N7O6/c1-29(2)21-11-18(9-10-19(21)25(40)43-29)33-27-32-12-20(23(35-27)34-22(13-39)17-7-5-4-6-8-17)24-36-26(38-44-24)30-14-31(15-30,16-30)37-28(41)42-3/h4-12,22,39H,13-16H2,1-3H3,(H,37,41)(H2,32,33,34,35). The first-order valence-electron chi connectivity index (χ1n) is 14.3. The number of ether oxygens (including phenoxy) is 2. The number of benzene rings is 2. The van der Waals surface area contributed by atoms with Gasteiger partial charge in [0.1, 0.15) is 17.0 Å². The maximum absolute atomic E-state index is 12.2. The number of anilines is 3. The van der Waals surface area contributed by atoms with Gasteiger partial charge < -0.3 is 35.1 Å². The number of nitrogens with zero attached hydrogens (tertiary/aromatic N) is 4. The van der Waals surface area contributed by atoms with Gasteiger partial charge in [0.2, 0.25) is 5.95 Å². The number of aromatic nitrogens is 4. The average Bonchev–Trinajstić information content (AvgIpc) is 3.55. The fourth-order valence-electron chi connectivity index (χ4n) is 6.54. The first-order valence-corrected chi connectivity index (χ1v) is 14.3. The Kier molecular flexibility index (Phi) is 6.32. The minimum atomic E-state index is -0.753. The van der Waals surface area contributed by atoms with E-state index >= 15 is 0 Å². The maximum Gasteiger partial charge on any atom is 0.407 e. The highest BCUT2D eigenvalue weighted by molar-refractivity contribution is 5.95. The predicted molar refractivity (Wildman–Crippen MR) is 157 cm³/mol. The zero-order valence-corrected chi connectivity index (χ0v) is 24.4. The van der Waals surface area contributed by atoms with E-state index in [2.05, 4.69) is 26.1 Å². The number of hydrogen-bond acceptors (Lipinski definition) is 12. The Morgan fingerprint density at radius 2 is 1.86 bits per heavy atom. The second-order valence-electron chi connectivity index (χ2n) is 12.2. The van der Waals surface area contributed by atoms with Gasteiger partial charge in [-0.2, -0.15) is 9.97 Å². The third-order valence-corrected chi connectivity index (χ3v) is 8.69. The summed E-state index contributed by atoms with van der Waals surface area (Å²) in [6.45, 7) is 3.48. The van der Waals surface area contributed by atoms with Crippen molar-refractivity contribution in [1.29, 1.82) is 0 Å². The molecule has 2 bridgehead atoms. The van der Waals surface area contributed by atoms with Crippen molar-refractivity contribution in [3.63, 3.8) is 0 Å². The van der Waals surface area contributed by atoms with Crippen molar-refractivity contribution in [2.45, 2.75) is 55.7 Å². The number of carbonyl (C=O) groups is 2. The van der Waals surface area contributed by atoms with E-state index in [1.165, 1.54) is 7.11 Å². The summed E-state index contributed by atoms with van der Waals surface area (Å²) in [7, 11) is 1.35. The molecule has 1 amide bonds. The molecule has 0 saturated heterocycles. The molecule has 4 aromatic rings. The largest absolute Gasteiger partial charge is 0.453 e. The summed E-state index contributed by atoms with van der Waals surface area (Å²) in [6.07, 6.45) is 3.24. The molecule has 44 heavy (non-hydrogen) atoms. The number of rotatable bonds is 9. The van der Waals surface area contributed by atoms with E-state index in [4.69, 9.17) is 24.0 Å². The van der Waals surface area contributed by atoms with E-state index < -0.39 is 17.7 Å². The van der Waals surface area contributed by atoms with Crippen LogP contribution in [0.1, 0.15) is 66.5 Å². The van der Waals surface area contributed by atoms with Gasteiger partial charge in [-0.15, -0.1) is 0 Å².